The summed E-state index contributed by atoms with van der Waals surface area (Å²) in [5.41, 5.74) is 1.56. The average molecular weight is 375 g/mol. The Hall–Kier alpha value is -2.70. The van der Waals surface area contributed by atoms with E-state index >= 15 is 0 Å². The van der Waals surface area contributed by atoms with E-state index in [1.54, 1.807) is 30.5 Å². The SMILES string of the molecule is COc1cnccc1C(C)NC(=O)N1CCCC(c2ccc(F)c(F)c2)C1. The second kappa shape index (κ2) is 8.33. The number of carbonyl (C=O) groups is 1. The van der Waals surface area contributed by atoms with E-state index in [-0.39, 0.29) is 18.0 Å². The Labute approximate surface area is 157 Å². The van der Waals surface area contributed by atoms with Gasteiger partial charge in [-0.3, -0.25) is 4.98 Å². The van der Waals surface area contributed by atoms with Crippen LogP contribution >= 0.6 is 0 Å². The number of rotatable bonds is 4. The Balaban J connectivity index is 1.66. The average Bonchev–Trinajstić information content (AvgIpc) is 2.70. The molecule has 0 spiro atoms. The van der Waals surface area contributed by atoms with Crippen LogP contribution in [0.4, 0.5) is 13.6 Å². The highest BCUT2D eigenvalue weighted by atomic mass is 19.2. The predicted molar refractivity (Wildman–Crippen MR) is 97.6 cm³/mol. The van der Waals surface area contributed by atoms with Gasteiger partial charge in [-0.05, 0) is 43.5 Å². The molecule has 144 valence electrons. The highest BCUT2D eigenvalue weighted by Gasteiger charge is 2.26. The molecule has 1 saturated heterocycles. The van der Waals surface area contributed by atoms with Crippen LogP contribution in [0.25, 0.3) is 0 Å². The van der Waals surface area contributed by atoms with Crippen LogP contribution in [0.2, 0.25) is 0 Å². The van der Waals surface area contributed by atoms with Crippen LogP contribution in [0.5, 0.6) is 5.75 Å². The van der Waals surface area contributed by atoms with Crippen LogP contribution < -0.4 is 10.1 Å². The zero-order valence-electron chi connectivity index (χ0n) is 15.4. The van der Waals surface area contributed by atoms with Gasteiger partial charge in [-0.25, -0.2) is 13.6 Å². The molecule has 0 radical (unpaired) electrons. The van der Waals surface area contributed by atoms with E-state index in [0.717, 1.165) is 30.0 Å². The van der Waals surface area contributed by atoms with Crippen LogP contribution in [0.15, 0.2) is 36.7 Å². The summed E-state index contributed by atoms with van der Waals surface area (Å²) in [6.07, 6.45) is 4.91. The number of nitrogens with one attached hydrogen (secondary N) is 1. The lowest BCUT2D eigenvalue weighted by Crippen LogP contribution is -2.45. The summed E-state index contributed by atoms with van der Waals surface area (Å²) in [7, 11) is 1.56. The first-order chi connectivity index (χ1) is 13.0. The Kier molecular flexibility index (Phi) is 5.88. The van der Waals surface area contributed by atoms with Gasteiger partial charge in [0.15, 0.2) is 11.6 Å². The lowest BCUT2D eigenvalue weighted by atomic mass is 9.90. The van der Waals surface area contributed by atoms with Crippen molar-refractivity contribution in [1.82, 2.24) is 15.2 Å². The molecule has 1 aromatic carbocycles. The molecule has 0 saturated carbocycles. The first-order valence-corrected chi connectivity index (χ1v) is 8.98. The molecule has 5 nitrogen and oxygen atoms in total. The molecule has 0 bridgehead atoms. The van der Waals surface area contributed by atoms with Gasteiger partial charge in [0.25, 0.3) is 0 Å². The minimum atomic E-state index is -0.857. The molecule has 1 aliphatic rings. The van der Waals surface area contributed by atoms with Crippen molar-refractivity contribution in [3.8, 4) is 5.75 Å². The van der Waals surface area contributed by atoms with Gasteiger partial charge in [-0.15, -0.1) is 0 Å². The van der Waals surface area contributed by atoms with Gasteiger partial charge in [0.05, 0.1) is 19.3 Å². The topological polar surface area (TPSA) is 54.5 Å². The zero-order chi connectivity index (χ0) is 19.4. The molecule has 3 rings (SSSR count). The van der Waals surface area contributed by atoms with Crippen LogP contribution in [0.3, 0.4) is 0 Å². The van der Waals surface area contributed by atoms with Crippen LogP contribution in [-0.4, -0.2) is 36.1 Å². The van der Waals surface area contributed by atoms with Gasteiger partial charge >= 0.3 is 6.03 Å². The van der Waals surface area contributed by atoms with Crippen LogP contribution in [0.1, 0.15) is 42.9 Å². The standard InChI is InChI=1S/C20H23F2N3O2/c1-13(16-7-8-23-11-19(16)27-2)24-20(26)25-9-3-4-15(12-25)14-5-6-17(21)18(22)10-14/h5-8,10-11,13,15H,3-4,9,12H2,1-2H3,(H,24,26). The number of benzene rings is 1. The number of methoxy groups -OCH3 is 1. The van der Waals surface area contributed by atoms with Gasteiger partial charge in [-0.2, -0.15) is 0 Å². The second-order valence-corrected chi connectivity index (χ2v) is 6.75. The molecular weight excluding hydrogens is 352 g/mol. The maximum absolute atomic E-state index is 13.5. The number of piperidine rings is 1. The fourth-order valence-corrected chi connectivity index (χ4v) is 3.47. The number of amides is 2. The normalized spacial score (nSPS) is 18.1. The molecule has 2 unspecified atom stereocenters. The summed E-state index contributed by atoms with van der Waals surface area (Å²) in [4.78, 5) is 18.4. The van der Waals surface area contributed by atoms with Gasteiger partial charge in [0.1, 0.15) is 5.75 Å². The quantitative estimate of drug-likeness (QED) is 0.878. The largest absolute Gasteiger partial charge is 0.495 e. The summed E-state index contributed by atoms with van der Waals surface area (Å²) in [6.45, 7) is 2.98. The molecule has 27 heavy (non-hydrogen) atoms. The summed E-state index contributed by atoms with van der Waals surface area (Å²) in [5, 5.41) is 2.98. The third-order valence-corrected chi connectivity index (χ3v) is 4.97. The molecule has 1 aromatic heterocycles. The third-order valence-electron chi connectivity index (χ3n) is 4.97. The lowest BCUT2D eigenvalue weighted by molar-refractivity contribution is 0.176. The van der Waals surface area contributed by atoms with Crippen molar-refractivity contribution < 1.29 is 18.3 Å². The molecule has 1 fully saturated rings. The monoisotopic (exact) mass is 375 g/mol. The van der Waals surface area contributed by atoms with Gasteiger partial charge in [0.2, 0.25) is 0 Å². The Bertz CT molecular complexity index is 816. The fourth-order valence-electron chi connectivity index (χ4n) is 3.47. The number of ether oxygens (including phenoxy) is 1. The number of pyridine rings is 1. The van der Waals surface area contributed by atoms with Crippen molar-refractivity contribution in [1.29, 1.82) is 0 Å². The summed E-state index contributed by atoms with van der Waals surface area (Å²) in [6, 6.07) is 5.33. The van der Waals surface area contributed by atoms with Crippen molar-refractivity contribution in [2.24, 2.45) is 0 Å². The number of carbonyl (C=O) groups excluding carboxylic acids is 1. The smallest absolute Gasteiger partial charge is 0.317 e. The van der Waals surface area contributed by atoms with E-state index in [0.29, 0.717) is 18.8 Å². The number of hydrogen-bond acceptors (Lipinski definition) is 3. The Morgan fingerprint density at radius 1 is 1.33 bits per heavy atom. The van der Waals surface area contributed by atoms with Gasteiger partial charge in [0, 0.05) is 30.8 Å². The van der Waals surface area contributed by atoms with E-state index in [1.165, 1.54) is 6.07 Å². The fraction of sp³-hybridized carbons (Fsp3) is 0.400. The van der Waals surface area contributed by atoms with Crippen molar-refractivity contribution in [3.05, 3.63) is 59.4 Å². The molecule has 2 amide bonds. The van der Waals surface area contributed by atoms with Crippen molar-refractivity contribution in [2.75, 3.05) is 20.2 Å². The minimum Gasteiger partial charge on any atom is -0.495 e. The van der Waals surface area contributed by atoms with E-state index in [9.17, 15) is 13.6 Å². The summed E-state index contributed by atoms with van der Waals surface area (Å²) < 4.78 is 32.0. The first-order valence-electron chi connectivity index (χ1n) is 8.98. The third kappa shape index (κ3) is 4.35. The maximum atomic E-state index is 13.5. The molecule has 7 heteroatoms. The van der Waals surface area contributed by atoms with Gasteiger partial charge in [-0.1, -0.05) is 6.07 Å². The van der Waals surface area contributed by atoms with Gasteiger partial charge < -0.3 is 15.0 Å². The number of nitrogens with zero attached hydrogens (tertiary/aromatic N) is 2. The summed E-state index contributed by atoms with van der Waals surface area (Å²) >= 11 is 0. The van der Waals surface area contributed by atoms with E-state index in [4.69, 9.17) is 4.74 Å². The number of likely N-dealkylation sites (tertiary alicyclic amines) is 1. The van der Waals surface area contributed by atoms with E-state index in [2.05, 4.69) is 10.3 Å². The number of halogens is 2. The van der Waals surface area contributed by atoms with Crippen molar-refractivity contribution in [3.63, 3.8) is 0 Å². The molecule has 2 aromatic rings. The van der Waals surface area contributed by atoms with Crippen LogP contribution in [-0.2, 0) is 0 Å². The first kappa shape index (κ1) is 19.1. The Morgan fingerprint density at radius 2 is 2.15 bits per heavy atom. The molecule has 2 atom stereocenters. The summed E-state index contributed by atoms with van der Waals surface area (Å²) in [5.74, 6) is -1.11. The molecular formula is C20H23F2N3O2. The molecule has 1 N–H and O–H groups in total. The predicted octanol–water partition coefficient (Wildman–Crippen LogP) is 4.02. The van der Waals surface area contributed by atoms with Crippen molar-refractivity contribution in [2.45, 2.75) is 31.7 Å². The zero-order valence-corrected chi connectivity index (χ0v) is 15.4. The van der Waals surface area contributed by atoms with E-state index < -0.39 is 11.6 Å². The van der Waals surface area contributed by atoms with Crippen LogP contribution in [0, 0.1) is 11.6 Å². The maximum Gasteiger partial charge on any atom is 0.317 e. The molecule has 0 aliphatic carbocycles. The molecule has 1 aliphatic heterocycles. The molecule has 2 heterocycles. The minimum absolute atomic E-state index is 0.00892. The lowest BCUT2D eigenvalue weighted by Gasteiger charge is -2.34. The Morgan fingerprint density at radius 3 is 2.89 bits per heavy atom. The highest BCUT2D eigenvalue weighted by molar-refractivity contribution is 5.75. The van der Waals surface area contributed by atoms with E-state index in [1.807, 2.05) is 13.0 Å². The number of urea groups is 1. The van der Waals surface area contributed by atoms with Crippen molar-refractivity contribution >= 4 is 6.03 Å². The second-order valence-electron chi connectivity index (χ2n) is 6.75. The number of hydrogen-bond donors (Lipinski definition) is 1. The number of aromatic nitrogens is 1. The highest BCUT2D eigenvalue weighted by Crippen LogP contribution is 2.29.